The summed E-state index contributed by atoms with van der Waals surface area (Å²) in [7, 11) is 0. The van der Waals surface area contributed by atoms with Crippen LogP contribution < -0.4 is 20.3 Å². The van der Waals surface area contributed by atoms with Gasteiger partial charge in [0.1, 0.15) is 11.6 Å². The van der Waals surface area contributed by atoms with Gasteiger partial charge >= 0.3 is 0 Å². The number of ether oxygens (including phenoxy) is 1. The molecule has 0 aromatic heterocycles. The molecule has 4 rings (SSSR count). The second-order valence-electron chi connectivity index (χ2n) is 7.82. The van der Waals surface area contributed by atoms with Crippen LogP contribution in [0.3, 0.4) is 0 Å². The highest BCUT2D eigenvalue weighted by atomic mass is 19.1. The predicted molar refractivity (Wildman–Crippen MR) is 119 cm³/mol. The Bertz CT molecular complexity index is 1130. The lowest BCUT2D eigenvalue weighted by atomic mass is 9.86. The predicted octanol–water partition coefficient (Wildman–Crippen LogP) is 2.23. The summed E-state index contributed by atoms with van der Waals surface area (Å²) in [4.78, 5) is 39.0. The molecule has 0 saturated carbocycles. The number of benzene rings is 2. The maximum atomic E-state index is 13.4. The van der Waals surface area contributed by atoms with Gasteiger partial charge in [-0.05, 0) is 41.8 Å². The van der Waals surface area contributed by atoms with Crippen molar-refractivity contribution in [2.45, 2.75) is 25.7 Å². The van der Waals surface area contributed by atoms with Gasteiger partial charge in [-0.25, -0.2) is 4.39 Å². The first-order valence-electron chi connectivity index (χ1n) is 10.7. The average molecular weight is 453 g/mol. The van der Waals surface area contributed by atoms with Crippen LogP contribution in [-0.2, 0) is 20.8 Å². The molecular formula is C24H24FN3O5. The van der Waals surface area contributed by atoms with Crippen LogP contribution in [0.2, 0.25) is 0 Å². The molecule has 3 amide bonds. The Kier molecular flexibility index (Phi) is 6.41. The largest absolute Gasteiger partial charge is 0.482 e. The summed E-state index contributed by atoms with van der Waals surface area (Å²) in [5, 5.41) is 14.8. The highest BCUT2D eigenvalue weighted by molar-refractivity contribution is 6.07. The summed E-state index contributed by atoms with van der Waals surface area (Å²) >= 11 is 0. The molecule has 0 saturated heterocycles. The molecule has 2 aromatic rings. The molecule has 2 aromatic carbocycles. The fraction of sp³-hybridized carbons (Fsp3) is 0.292. The van der Waals surface area contributed by atoms with Gasteiger partial charge < -0.3 is 25.4 Å². The summed E-state index contributed by atoms with van der Waals surface area (Å²) in [6.07, 6.45) is 2.03. The Morgan fingerprint density at radius 2 is 2.03 bits per heavy atom. The smallest absolute Gasteiger partial charge is 0.265 e. The Morgan fingerprint density at radius 1 is 1.27 bits per heavy atom. The minimum absolute atomic E-state index is 0.0579. The van der Waals surface area contributed by atoms with Crippen molar-refractivity contribution in [3.8, 4) is 5.75 Å². The lowest BCUT2D eigenvalue weighted by Gasteiger charge is -2.30. The summed E-state index contributed by atoms with van der Waals surface area (Å²) in [5.74, 6) is -1.37. The third kappa shape index (κ3) is 4.58. The number of nitrogens with zero attached hydrogens (tertiary/aromatic N) is 1. The van der Waals surface area contributed by atoms with Gasteiger partial charge in [0.25, 0.3) is 11.8 Å². The second kappa shape index (κ2) is 9.41. The summed E-state index contributed by atoms with van der Waals surface area (Å²) < 4.78 is 18.9. The number of aliphatic hydroxyl groups excluding tert-OH is 1. The zero-order valence-electron chi connectivity index (χ0n) is 18.1. The van der Waals surface area contributed by atoms with Crippen LogP contribution in [0.15, 0.2) is 48.2 Å². The number of aliphatic hydroxyl groups is 1. The van der Waals surface area contributed by atoms with Gasteiger partial charge in [0.05, 0.1) is 12.3 Å². The normalized spacial score (nSPS) is 17.6. The number of halogens is 1. The van der Waals surface area contributed by atoms with Gasteiger partial charge in [0.15, 0.2) is 6.61 Å². The number of amides is 3. The molecule has 0 aliphatic carbocycles. The van der Waals surface area contributed by atoms with E-state index in [0.717, 1.165) is 5.56 Å². The molecule has 3 N–H and O–H groups in total. The van der Waals surface area contributed by atoms with Crippen LogP contribution in [0.5, 0.6) is 5.75 Å². The third-order valence-corrected chi connectivity index (χ3v) is 5.77. The first kappa shape index (κ1) is 22.5. The average Bonchev–Trinajstić information content (AvgIpc) is 2.81. The molecule has 0 fully saturated rings. The van der Waals surface area contributed by atoms with Crippen LogP contribution in [0.25, 0.3) is 0 Å². The van der Waals surface area contributed by atoms with Crippen molar-refractivity contribution >= 4 is 29.1 Å². The molecule has 8 nitrogen and oxygen atoms in total. The van der Waals surface area contributed by atoms with E-state index in [1.807, 2.05) is 6.92 Å². The maximum absolute atomic E-state index is 13.4. The van der Waals surface area contributed by atoms with Crippen molar-refractivity contribution < 1.29 is 28.6 Å². The van der Waals surface area contributed by atoms with Crippen LogP contribution >= 0.6 is 0 Å². The molecule has 2 aliphatic rings. The quantitative estimate of drug-likeness (QED) is 0.622. The Balaban J connectivity index is 1.66. The molecule has 33 heavy (non-hydrogen) atoms. The molecule has 2 heterocycles. The summed E-state index contributed by atoms with van der Waals surface area (Å²) in [6, 6.07) is 9.15. The number of fused-ring (bicyclic) bond motifs is 1. The number of rotatable bonds is 6. The lowest BCUT2D eigenvalue weighted by molar-refractivity contribution is -0.122. The topological polar surface area (TPSA) is 108 Å². The van der Waals surface area contributed by atoms with E-state index >= 15 is 0 Å². The molecule has 172 valence electrons. The molecule has 0 spiro atoms. The van der Waals surface area contributed by atoms with Gasteiger partial charge in [-0.2, -0.15) is 0 Å². The SMILES string of the molecule is CCc1cc2c(cc1NC(=O)C1=CNC(=O)C[C@H]1c1ccc(F)cc1)N(CCO)C(=O)CO2. The highest BCUT2D eigenvalue weighted by Crippen LogP contribution is 2.38. The first-order chi connectivity index (χ1) is 15.9. The Morgan fingerprint density at radius 3 is 2.73 bits per heavy atom. The number of carbonyl (C=O) groups excluding carboxylic acids is 3. The van der Waals surface area contributed by atoms with Gasteiger partial charge in [-0.3, -0.25) is 14.4 Å². The van der Waals surface area contributed by atoms with E-state index in [1.54, 1.807) is 24.3 Å². The minimum Gasteiger partial charge on any atom is -0.482 e. The van der Waals surface area contributed by atoms with Crippen molar-refractivity contribution in [2.24, 2.45) is 0 Å². The summed E-state index contributed by atoms with van der Waals surface area (Å²) in [6.45, 7) is 1.71. The van der Waals surface area contributed by atoms with Crippen LogP contribution in [0.1, 0.15) is 30.4 Å². The third-order valence-electron chi connectivity index (χ3n) is 5.77. The van der Waals surface area contributed by atoms with Gasteiger partial charge in [-0.15, -0.1) is 0 Å². The number of carbonyl (C=O) groups is 3. The van der Waals surface area contributed by atoms with E-state index in [1.165, 1.54) is 23.2 Å². The van der Waals surface area contributed by atoms with Crippen LogP contribution in [-0.4, -0.2) is 42.6 Å². The summed E-state index contributed by atoms with van der Waals surface area (Å²) in [5.41, 5.74) is 2.76. The van der Waals surface area contributed by atoms with Gasteiger partial charge in [-0.1, -0.05) is 19.1 Å². The number of nitrogens with one attached hydrogen (secondary N) is 2. The monoisotopic (exact) mass is 453 g/mol. The number of hydrogen-bond acceptors (Lipinski definition) is 5. The van der Waals surface area contributed by atoms with E-state index in [9.17, 15) is 23.9 Å². The fourth-order valence-corrected chi connectivity index (χ4v) is 4.07. The molecular weight excluding hydrogens is 429 g/mol. The molecule has 0 radical (unpaired) electrons. The van der Waals surface area contributed by atoms with Crippen molar-refractivity contribution in [1.29, 1.82) is 0 Å². The first-order valence-corrected chi connectivity index (χ1v) is 10.7. The van der Waals surface area contributed by atoms with Crippen molar-refractivity contribution in [2.75, 3.05) is 30.0 Å². The fourth-order valence-electron chi connectivity index (χ4n) is 4.07. The number of hydrogen-bond donors (Lipinski definition) is 3. The number of β-amino-alcohol motifs (C(OH)–C–C–N with tert-alkyl or cyclic N) is 1. The molecule has 0 bridgehead atoms. The van der Waals surface area contributed by atoms with E-state index in [4.69, 9.17) is 4.74 Å². The molecule has 2 aliphatic heterocycles. The minimum atomic E-state index is -0.530. The molecule has 0 unspecified atom stereocenters. The van der Waals surface area contributed by atoms with E-state index in [0.29, 0.717) is 34.7 Å². The molecule has 9 heteroatoms. The van der Waals surface area contributed by atoms with E-state index in [2.05, 4.69) is 10.6 Å². The van der Waals surface area contributed by atoms with E-state index < -0.39 is 17.6 Å². The van der Waals surface area contributed by atoms with Gasteiger partial charge in [0.2, 0.25) is 5.91 Å². The zero-order valence-corrected chi connectivity index (χ0v) is 18.1. The van der Waals surface area contributed by atoms with Crippen molar-refractivity contribution in [3.63, 3.8) is 0 Å². The Labute approximate surface area is 190 Å². The molecule has 1 atom stereocenters. The number of aryl methyl sites for hydroxylation is 1. The van der Waals surface area contributed by atoms with Crippen molar-refractivity contribution in [3.05, 3.63) is 65.1 Å². The van der Waals surface area contributed by atoms with Crippen LogP contribution in [0.4, 0.5) is 15.8 Å². The van der Waals surface area contributed by atoms with E-state index in [-0.39, 0.29) is 38.0 Å². The van der Waals surface area contributed by atoms with Gasteiger partial charge in [0, 0.05) is 36.3 Å². The Hall–Kier alpha value is -3.72. The van der Waals surface area contributed by atoms with Crippen LogP contribution in [0, 0.1) is 5.82 Å². The second-order valence-corrected chi connectivity index (χ2v) is 7.82. The van der Waals surface area contributed by atoms with Crippen molar-refractivity contribution in [1.82, 2.24) is 5.32 Å². The maximum Gasteiger partial charge on any atom is 0.265 e. The standard InChI is InChI=1S/C24H24FN3O5/c1-2-14-9-21-20(28(7-8-29)23(31)13-33-21)11-19(14)27-24(32)18-12-26-22(30)10-17(18)15-3-5-16(25)6-4-15/h3-6,9,11-12,17,29H,2,7-8,10,13H2,1H3,(H,26,30)(H,27,32)/t17-/m0/s1. The zero-order chi connectivity index (χ0) is 23.5. The lowest BCUT2D eigenvalue weighted by Crippen LogP contribution is -2.40. The highest BCUT2D eigenvalue weighted by Gasteiger charge is 2.31. The number of anilines is 2.